The summed E-state index contributed by atoms with van der Waals surface area (Å²) >= 11 is 1.24. The number of hydrogen-bond acceptors (Lipinski definition) is 6. The summed E-state index contributed by atoms with van der Waals surface area (Å²) in [4.78, 5) is 23.8. The first-order valence-electron chi connectivity index (χ1n) is 7.62. The number of amides is 2. The standard InChI is InChI=1S/C14H18N6O2S/c21-12(5-6-13(22)18-14-19-15-9-23-14)17-11-7-8-16-20(11)10-3-1-2-4-10/h7-10H,1-6H2,(H,17,21)(H,18,19,22). The third-order valence-electron chi connectivity index (χ3n) is 3.79. The van der Waals surface area contributed by atoms with Gasteiger partial charge in [0.25, 0.3) is 0 Å². The van der Waals surface area contributed by atoms with Crippen molar-refractivity contribution in [3.05, 3.63) is 17.8 Å². The number of nitrogens with zero attached hydrogens (tertiary/aromatic N) is 4. The van der Waals surface area contributed by atoms with Gasteiger partial charge in [-0.15, -0.1) is 10.2 Å². The van der Waals surface area contributed by atoms with E-state index in [2.05, 4.69) is 25.9 Å². The molecule has 23 heavy (non-hydrogen) atoms. The molecule has 0 atom stereocenters. The fraction of sp³-hybridized carbons (Fsp3) is 0.500. The SMILES string of the molecule is O=C(CCC(=O)Nc1ccnn1C1CCCC1)Nc1nncs1. The normalized spacial score (nSPS) is 14.8. The lowest BCUT2D eigenvalue weighted by Crippen LogP contribution is -2.20. The molecule has 0 radical (unpaired) electrons. The van der Waals surface area contributed by atoms with Crippen LogP contribution >= 0.6 is 11.3 Å². The van der Waals surface area contributed by atoms with Gasteiger partial charge in [0.15, 0.2) is 0 Å². The van der Waals surface area contributed by atoms with Gasteiger partial charge in [0.1, 0.15) is 11.3 Å². The van der Waals surface area contributed by atoms with E-state index in [4.69, 9.17) is 0 Å². The fourth-order valence-electron chi connectivity index (χ4n) is 2.69. The Morgan fingerprint density at radius 1 is 1.22 bits per heavy atom. The lowest BCUT2D eigenvalue weighted by atomic mass is 10.2. The van der Waals surface area contributed by atoms with Gasteiger partial charge in [-0.05, 0) is 12.8 Å². The number of aromatic nitrogens is 4. The second kappa shape index (κ2) is 7.32. The van der Waals surface area contributed by atoms with E-state index in [9.17, 15) is 9.59 Å². The largest absolute Gasteiger partial charge is 0.311 e. The van der Waals surface area contributed by atoms with E-state index in [1.54, 1.807) is 12.3 Å². The van der Waals surface area contributed by atoms with Crippen molar-refractivity contribution < 1.29 is 9.59 Å². The molecule has 8 nitrogen and oxygen atoms in total. The predicted octanol–water partition coefficient (Wildman–Crippen LogP) is 2.21. The van der Waals surface area contributed by atoms with Crippen LogP contribution in [0.3, 0.4) is 0 Å². The molecular formula is C14H18N6O2S. The van der Waals surface area contributed by atoms with Crippen LogP contribution in [0.2, 0.25) is 0 Å². The van der Waals surface area contributed by atoms with Crippen molar-refractivity contribution in [2.45, 2.75) is 44.6 Å². The number of rotatable bonds is 6. The summed E-state index contributed by atoms with van der Waals surface area (Å²) < 4.78 is 1.88. The summed E-state index contributed by atoms with van der Waals surface area (Å²) in [6.45, 7) is 0. The first-order valence-corrected chi connectivity index (χ1v) is 8.50. The molecule has 3 rings (SSSR count). The molecule has 2 amide bonds. The van der Waals surface area contributed by atoms with Crippen LogP contribution in [0.1, 0.15) is 44.6 Å². The highest BCUT2D eigenvalue weighted by atomic mass is 32.1. The van der Waals surface area contributed by atoms with E-state index in [-0.39, 0.29) is 24.7 Å². The van der Waals surface area contributed by atoms with Crippen molar-refractivity contribution in [2.24, 2.45) is 0 Å². The van der Waals surface area contributed by atoms with Gasteiger partial charge in [0.05, 0.1) is 12.2 Å². The van der Waals surface area contributed by atoms with Gasteiger partial charge in [-0.25, -0.2) is 4.68 Å². The summed E-state index contributed by atoms with van der Waals surface area (Å²) in [6.07, 6.45) is 6.48. The first-order chi connectivity index (χ1) is 11.2. The molecule has 2 aromatic heterocycles. The minimum atomic E-state index is -0.249. The predicted molar refractivity (Wildman–Crippen MR) is 86.1 cm³/mol. The van der Waals surface area contributed by atoms with Gasteiger partial charge in [-0.1, -0.05) is 24.2 Å². The zero-order valence-corrected chi connectivity index (χ0v) is 13.4. The third-order valence-corrected chi connectivity index (χ3v) is 4.40. The van der Waals surface area contributed by atoms with E-state index < -0.39 is 0 Å². The van der Waals surface area contributed by atoms with Crippen LogP contribution in [-0.4, -0.2) is 31.8 Å². The Bertz CT molecular complexity index is 663. The zero-order chi connectivity index (χ0) is 16.1. The van der Waals surface area contributed by atoms with E-state index in [0.29, 0.717) is 17.0 Å². The van der Waals surface area contributed by atoms with Crippen LogP contribution in [0.25, 0.3) is 0 Å². The maximum atomic E-state index is 12.0. The smallest absolute Gasteiger partial charge is 0.226 e. The monoisotopic (exact) mass is 334 g/mol. The van der Waals surface area contributed by atoms with Crippen molar-refractivity contribution in [1.29, 1.82) is 0 Å². The summed E-state index contributed by atoms with van der Waals surface area (Å²) in [5.41, 5.74) is 1.53. The average molecular weight is 334 g/mol. The lowest BCUT2D eigenvalue weighted by Gasteiger charge is -2.14. The maximum Gasteiger partial charge on any atom is 0.226 e. The van der Waals surface area contributed by atoms with Gasteiger partial charge in [-0.3, -0.25) is 9.59 Å². The molecule has 0 saturated heterocycles. The second-order valence-corrected chi connectivity index (χ2v) is 6.27. The first kappa shape index (κ1) is 15.6. The Hall–Kier alpha value is -2.29. The highest BCUT2D eigenvalue weighted by Crippen LogP contribution is 2.31. The fourth-order valence-corrected chi connectivity index (χ4v) is 3.16. The Morgan fingerprint density at radius 2 is 1.96 bits per heavy atom. The lowest BCUT2D eigenvalue weighted by molar-refractivity contribution is -0.121. The minimum absolute atomic E-state index is 0.100. The molecule has 0 unspecified atom stereocenters. The third kappa shape index (κ3) is 4.13. The Kier molecular flexibility index (Phi) is 4.96. The molecule has 1 fully saturated rings. The van der Waals surface area contributed by atoms with E-state index >= 15 is 0 Å². The molecule has 0 bridgehead atoms. The van der Waals surface area contributed by atoms with Crippen molar-refractivity contribution >= 4 is 34.1 Å². The van der Waals surface area contributed by atoms with Crippen molar-refractivity contribution in [3.63, 3.8) is 0 Å². The summed E-state index contributed by atoms with van der Waals surface area (Å²) in [5, 5.41) is 17.5. The molecule has 9 heteroatoms. The van der Waals surface area contributed by atoms with Gasteiger partial charge < -0.3 is 10.6 Å². The van der Waals surface area contributed by atoms with Gasteiger partial charge >= 0.3 is 0 Å². The highest BCUT2D eigenvalue weighted by Gasteiger charge is 2.20. The van der Waals surface area contributed by atoms with Crippen LogP contribution in [0, 0.1) is 0 Å². The van der Waals surface area contributed by atoms with Crippen molar-refractivity contribution in [3.8, 4) is 0 Å². The molecule has 2 N–H and O–H groups in total. The number of anilines is 2. The van der Waals surface area contributed by atoms with Crippen molar-refractivity contribution in [2.75, 3.05) is 10.6 Å². The summed E-state index contributed by atoms with van der Waals surface area (Å²) in [5.74, 6) is 0.254. The van der Waals surface area contributed by atoms with E-state index in [0.717, 1.165) is 12.8 Å². The number of nitrogens with one attached hydrogen (secondary N) is 2. The molecule has 1 saturated carbocycles. The van der Waals surface area contributed by atoms with Gasteiger partial charge in [0, 0.05) is 18.9 Å². The topological polar surface area (TPSA) is 102 Å². The molecular weight excluding hydrogens is 316 g/mol. The Labute approximate surface area is 137 Å². The zero-order valence-electron chi connectivity index (χ0n) is 12.6. The number of carbonyl (C=O) groups is 2. The number of carbonyl (C=O) groups excluding carboxylic acids is 2. The molecule has 1 aliphatic carbocycles. The van der Waals surface area contributed by atoms with Gasteiger partial charge in [0.2, 0.25) is 16.9 Å². The molecule has 2 aromatic rings. The Balaban J connectivity index is 1.48. The molecule has 0 aromatic carbocycles. The maximum absolute atomic E-state index is 12.0. The highest BCUT2D eigenvalue weighted by molar-refractivity contribution is 7.13. The van der Waals surface area contributed by atoms with Crippen molar-refractivity contribution in [1.82, 2.24) is 20.0 Å². The molecule has 0 aliphatic heterocycles. The Morgan fingerprint density at radius 3 is 2.65 bits per heavy atom. The summed E-state index contributed by atoms with van der Waals surface area (Å²) in [6, 6.07) is 2.15. The minimum Gasteiger partial charge on any atom is -0.311 e. The second-order valence-electron chi connectivity index (χ2n) is 5.44. The van der Waals surface area contributed by atoms with Crippen LogP contribution in [0.5, 0.6) is 0 Å². The molecule has 122 valence electrons. The summed E-state index contributed by atoms with van der Waals surface area (Å²) in [7, 11) is 0. The van der Waals surface area contributed by atoms with Crippen LogP contribution < -0.4 is 10.6 Å². The molecule has 2 heterocycles. The molecule has 0 spiro atoms. The quantitative estimate of drug-likeness (QED) is 0.843. The van der Waals surface area contributed by atoms with Crippen LogP contribution in [-0.2, 0) is 9.59 Å². The number of hydrogen-bond donors (Lipinski definition) is 2. The van der Waals surface area contributed by atoms with Crippen LogP contribution in [0.4, 0.5) is 10.9 Å². The van der Waals surface area contributed by atoms with Crippen LogP contribution in [0.15, 0.2) is 17.8 Å². The molecule has 1 aliphatic rings. The van der Waals surface area contributed by atoms with E-state index in [1.165, 1.54) is 29.7 Å². The van der Waals surface area contributed by atoms with Gasteiger partial charge in [-0.2, -0.15) is 5.10 Å². The average Bonchev–Trinajstić information content (AvgIpc) is 3.26. The van der Waals surface area contributed by atoms with E-state index in [1.807, 2.05) is 4.68 Å².